The minimum atomic E-state index is -0.401. The Kier molecular flexibility index (Phi) is 5.71. The van der Waals surface area contributed by atoms with E-state index in [1.807, 2.05) is 0 Å². The summed E-state index contributed by atoms with van der Waals surface area (Å²) in [7, 11) is 0. The van der Waals surface area contributed by atoms with Gasteiger partial charge in [-0.3, -0.25) is 4.79 Å². The van der Waals surface area contributed by atoms with Gasteiger partial charge >= 0.3 is 5.97 Å². The fourth-order valence-electron chi connectivity index (χ4n) is 0.237. The third-order valence-corrected chi connectivity index (χ3v) is 0.580. The van der Waals surface area contributed by atoms with Crippen LogP contribution in [0.15, 0.2) is 12.7 Å². The molecular weight excluding hydrogens is 136 g/mol. The third kappa shape index (κ3) is 7.13. The van der Waals surface area contributed by atoms with Crippen LogP contribution in [0.2, 0.25) is 0 Å². The van der Waals surface area contributed by atoms with E-state index in [1.165, 1.54) is 13.0 Å². The Morgan fingerprint density at radius 2 is 2.30 bits per heavy atom. The van der Waals surface area contributed by atoms with Gasteiger partial charge in [0.1, 0.15) is 6.61 Å². The standard InChI is InChI=1S/C6H10O4/c1-3-4-9-10-5-8-6(2)7/h3H,1,4-5H2,2H3. The van der Waals surface area contributed by atoms with Crippen molar-refractivity contribution in [2.24, 2.45) is 0 Å². The minimum absolute atomic E-state index is 0.177. The van der Waals surface area contributed by atoms with Crippen molar-refractivity contribution >= 4 is 5.97 Å². The van der Waals surface area contributed by atoms with Crippen LogP contribution < -0.4 is 0 Å². The van der Waals surface area contributed by atoms with Crippen molar-refractivity contribution in [3.63, 3.8) is 0 Å². The zero-order valence-electron chi connectivity index (χ0n) is 5.83. The lowest BCUT2D eigenvalue weighted by atomic mass is 10.7. The Labute approximate surface area is 59.3 Å². The Morgan fingerprint density at radius 3 is 2.80 bits per heavy atom. The SMILES string of the molecule is C=CCOOCOC(C)=O. The molecule has 0 spiro atoms. The molecule has 0 N–H and O–H groups in total. The lowest BCUT2D eigenvalue weighted by Crippen LogP contribution is -2.04. The summed E-state index contributed by atoms with van der Waals surface area (Å²) < 4.78 is 4.37. The highest BCUT2D eigenvalue weighted by Gasteiger charge is 1.90. The molecule has 0 radical (unpaired) electrons. The van der Waals surface area contributed by atoms with Crippen LogP contribution in [0.5, 0.6) is 0 Å². The monoisotopic (exact) mass is 146 g/mol. The number of ether oxygens (including phenoxy) is 1. The molecule has 0 amide bonds. The first-order chi connectivity index (χ1) is 4.77. The van der Waals surface area contributed by atoms with Gasteiger partial charge in [-0.2, -0.15) is 4.89 Å². The van der Waals surface area contributed by atoms with E-state index in [9.17, 15) is 4.79 Å². The van der Waals surface area contributed by atoms with Crippen molar-refractivity contribution in [1.82, 2.24) is 0 Å². The van der Waals surface area contributed by atoms with E-state index in [1.54, 1.807) is 0 Å². The summed E-state index contributed by atoms with van der Waals surface area (Å²) in [6, 6.07) is 0. The predicted octanol–water partition coefficient (Wildman–Crippen LogP) is 0.641. The van der Waals surface area contributed by atoms with Crippen LogP contribution in [0.25, 0.3) is 0 Å². The quantitative estimate of drug-likeness (QED) is 0.142. The maximum atomic E-state index is 10.1. The second kappa shape index (κ2) is 6.25. The molecule has 0 rings (SSSR count). The number of hydrogen-bond acceptors (Lipinski definition) is 4. The lowest BCUT2D eigenvalue weighted by molar-refractivity contribution is -0.323. The van der Waals surface area contributed by atoms with E-state index in [-0.39, 0.29) is 13.4 Å². The molecule has 0 fully saturated rings. The molecule has 58 valence electrons. The van der Waals surface area contributed by atoms with Gasteiger partial charge in [0, 0.05) is 6.92 Å². The van der Waals surface area contributed by atoms with Crippen LogP contribution in [0, 0.1) is 0 Å². The topological polar surface area (TPSA) is 44.8 Å². The highest BCUT2D eigenvalue weighted by atomic mass is 17.2. The number of hydrogen-bond donors (Lipinski definition) is 0. The molecule has 0 aromatic heterocycles. The summed E-state index contributed by atoms with van der Waals surface area (Å²) in [5.41, 5.74) is 0. The van der Waals surface area contributed by atoms with Gasteiger partial charge in [-0.15, -0.1) is 6.58 Å². The molecule has 0 heterocycles. The van der Waals surface area contributed by atoms with E-state index < -0.39 is 5.97 Å². The molecule has 0 aliphatic carbocycles. The Balaban J connectivity index is 2.90. The second-order valence-electron chi connectivity index (χ2n) is 1.44. The number of carbonyl (C=O) groups excluding carboxylic acids is 1. The van der Waals surface area contributed by atoms with Crippen LogP contribution in [0.3, 0.4) is 0 Å². The Hall–Kier alpha value is -0.870. The first kappa shape index (κ1) is 9.13. The zero-order chi connectivity index (χ0) is 7.82. The first-order valence-corrected chi connectivity index (χ1v) is 2.76. The van der Waals surface area contributed by atoms with E-state index in [0.717, 1.165) is 0 Å². The van der Waals surface area contributed by atoms with Crippen LogP contribution >= 0.6 is 0 Å². The van der Waals surface area contributed by atoms with E-state index in [4.69, 9.17) is 0 Å². The molecule has 0 saturated carbocycles. The first-order valence-electron chi connectivity index (χ1n) is 2.76. The summed E-state index contributed by atoms with van der Waals surface area (Å²) in [5, 5.41) is 0. The molecule has 0 aliphatic rings. The second-order valence-corrected chi connectivity index (χ2v) is 1.44. The Morgan fingerprint density at radius 1 is 1.60 bits per heavy atom. The smallest absolute Gasteiger partial charge is 0.304 e. The van der Waals surface area contributed by atoms with E-state index >= 15 is 0 Å². The zero-order valence-corrected chi connectivity index (χ0v) is 5.83. The number of carbonyl (C=O) groups is 1. The van der Waals surface area contributed by atoms with Crippen LogP contribution in [0.1, 0.15) is 6.92 Å². The van der Waals surface area contributed by atoms with Crippen molar-refractivity contribution in [3.05, 3.63) is 12.7 Å². The lowest BCUT2D eigenvalue weighted by Gasteiger charge is -2.00. The van der Waals surface area contributed by atoms with Crippen LogP contribution in [0.4, 0.5) is 0 Å². The average Bonchev–Trinajstić information content (AvgIpc) is 1.87. The summed E-state index contributed by atoms with van der Waals surface area (Å²) in [4.78, 5) is 18.9. The summed E-state index contributed by atoms with van der Waals surface area (Å²) in [6.07, 6.45) is 1.52. The molecular formula is C6H10O4. The molecule has 0 bridgehead atoms. The summed E-state index contributed by atoms with van der Waals surface area (Å²) >= 11 is 0. The van der Waals surface area contributed by atoms with Gasteiger partial charge in [0.2, 0.25) is 6.79 Å². The van der Waals surface area contributed by atoms with Gasteiger partial charge in [-0.1, -0.05) is 6.08 Å². The molecule has 0 saturated heterocycles. The highest BCUT2D eigenvalue weighted by molar-refractivity contribution is 5.65. The molecule has 10 heavy (non-hydrogen) atoms. The highest BCUT2D eigenvalue weighted by Crippen LogP contribution is 1.81. The van der Waals surface area contributed by atoms with Crippen molar-refractivity contribution < 1.29 is 19.3 Å². The van der Waals surface area contributed by atoms with Gasteiger partial charge in [-0.05, 0) is 0 Å². The molecule has 4 nitrogen and oxygen atoms in total. The molecule has 0 atom stereocenters. The third-order valence-electron chi connectivity index (χ3n) is 0.580. The van der Waals surface area contributed by atoms with Crippen molar-refractivity contribution in [2.75, 3.05) is 13.4 Å². The molecule has 4 heteroatoms. The Bertz CT molecular complexity index is 110. The summed E-state index contributed by atoms with van der Waals surface area (Å²) in [5.74, 6) is -0.401. The van der Waals surface area contributed by atoms with Crippen molar-refractivity contribution in [3.8, 4) is 0 Å². The molecule has 0 aromatic rings. The van der Waals surface area contributed by atoms with Crippen LogP contribution in [-0.2, 0) is 19.3 Å². The average molecular weight is 146 g/mol. The van der Waals surface area contributed by atoms with Crippen LogP contribution in [-0.4, -0.2) is 19.4 Å². The predicted molar refractivity (Wildman–Crippen MR) is 33.9 cm³/mol. The minimum Gasteiger partial charge on any atom is -0.436 e. The fraction of sp³-hybridized carbons (Fsp3) is 0.500. The van der Waals surface area contributed by atoms with Gasteiger partial charge in [-0.25, -0.2) is 4.89 Å². The van der Waals surface area contributed by atoms with Gasteiger partial charge in [0.05, 0.1) is 0 Å². The molecule has 0 unspecified atom stereocenters. The van der Waals surface area contributed by atoms with E-state index in [2.05, 4.69) is 21.1 Å². The van der Waals surface area contributed by atoms with Gasteiger partial charge in [0.25, 0.3) is 0 Å². The van der Waals surface area contributed by atoms with Crippen molar-refractivity contribution in [1.29, 1.82) is 0 Å². The maximum Gasteiger partial charge on any atom is 0.304 e. The van der Waals surface area contributed by atoms with Crippen molar-refractivity contribution in [2.45, 2.75) is 6.92 Å². The maximum absolute atomic E-state index is 10.1. The fourth-order valence-corrected chi connectivity index (χ4v) is 0.237. The number of rotatable bonds is 5. The van der Waals surface area contributed by atoms with Gasteiger partial charge < -0.3 is 4.74 Å². The largest absolute Gasteiger partial charge is 0.436 e. The molecule has 0 aromatic carbocycles. The summed E-state index contributed by atoms with van der Waals surface area (Å²) in [6.45, 7) is 4.77. The normalized spacial score (nSPS) is 8.90. The molecule has 0 aliphatic heterocycles. The van der Waals surface area contributed by atoms with Gasteiger partial charge in [0.15, 0.2) is 0 Å². The van der Waals surface area contributed by atoms with E-state index in [0.29, 0.717) is 0 Å². The number of esters is 1.